The van der Waals surface area contributed by atoms with Crippen molar-refractivity contribution >= 4 is 22.6 Å². The number of methoxy groups -OCH3 is 1. The summed E-state index contributed by atoms with van der Waals surface area (Å²) in [6.07, 6.45) is 0. The molecule has 1 aliphatic rings. The van der Waals surface area contributed by atoms with Crippen LogP contribution in [0.15, 0.2) is 24.3 Å². The van der Waals surface area contributed by atoms with Crippen molar-refractivity contribution in [1.82, 2.24) is 9.88 Å². The van der Waals surface area contributed by atoms with Gasteiger partial charge in [0, 0.05) is 37.5 Å². The first-order valence-electron chi connectivity index (χ1n) is 8.49. The number of nitrogens with zero attached hydrogens (tertiary/aromatic N) is 3. The molecule has 128 valence electrons. The number of piperazine rings is 1. The average Bonchev–Trinajstić information content (AvgIpc) is 2.60. The van der Waals surface area contributed by atoms with E-state index in [2.05, 4.69) is 24.0 Å². The largest absolute Gasteiger partial charge is 0.494 e. The van der Waals surface area contributed by atoms with Crippen LogP contribution in [0.3, 0.4) is 0 Å². The van der Waals surface area contributed by atoms with Crippen LogP contribution in [0.2, 0.25) is 0 Å². The lowest BCUT2D eigenvalue weighted by atomic mass is 10.1. The van der Waals surface area contributed by atoms with Gasteiger partial charge < -0.3 is 14.5 Å². The number of hydrogen-bond acceptors (Lipinski definition) is 4. The van der Waals surface area contributed by atoms with Crippen LogP contribution in [0.4, 0.5) is 5.82 Å². The van der Waals surface area contributed by atoms with E-state index in [1.54, 1.807) is 7.11 Å². The molecule has 24 heavy (non-hydrogen) atoms. The smallest absolute Gasteiger partial charge is 0.225 e. The number of pyridine rings is 1. The third-order valence-electron chi connectivity index (χ3n) is 4.62. The Morgan fingerprint density at radius 2 is 1.92 bits per heavy atom. The number of benzene rings is 1. The maximum absolute atomic E-state index is 12.1. The van der Waals surface area contributed by atoms with Crippen molar-refractivity contribution in [3.8, 4) is 5.75 Å². The molecule has 1 saturated heterocycles. The number of amides is 1. The van der Waals surface area contributed by atoms with E-state index in [-0.39, 0.29) is 11.8 Å². The van der Waals surface area contributed by atoms with Crippen molar-refractivity contribution in [1.29, 1.82) is 0 Å². The maximum atomic E-state index is 12.1. The van der Waals surface area contributed by atoms with Gasteiger partial charge in [-0.2, -0.15) is 0 Å². The summed E-state index contributed by atoms with van der Waals surface area (Å²) in [5.41, 5.74) is 2.09. The van der Waals surface area contributed by atoms with Crippen molar-refractivity contribution in [3.63, 3.8) is 0 Å². The Hall–Kier alpha value is -2.30. The molecule has 0 aliphatic carbocycles. The van der Waals surface area contributed by atoms with Gasteiger partial charge in [0.1, 0.15) is 17.1 Å². The summed E-state index contributed by atoms with van der Waals surface area (Å²) >= 11 is 0. The van der Waals surface area contributed by atoms with Crippen LogP contribution in [0.5, 0.6) is 5.75 Å². The number of anilines is 1. The molecular weight excluding hydrogens is 302 g/mol. The highest BCUT2D eigenvalue weighted by Gasteiger charge is 2.24. The van der Waals surface area contributed by atoms with Gasteiger partial charge in [0.2, 0.25) is 5.91 Å². The van der Waals surface area contributed by atoms with Crippen LogP contribution < -0.4 is 9.64 Å². The van der Waals surface area contributed by atoms with Crippen LogP contribution in [0.25, 0.3) is 10.9 Å². The minimum absolute atomic E-state index is 0.0573. The van der Waals surface area contributed by atoms with E-state index >= 15 is 0 Å². The molecule has 2 aromatic rings. The Labute approximate surface area is 143 Å². The monoisotopic (exact) mass is 327 g/mol. The highest BCUT2D eigenvalue weighted by molar-refractivity contribution is 5.89. The van der Waals surface area contributed by atoms with E-state index in [0.717, 1.165) is 48.6 Å². The zero-order valence-electron chi connectivity index (χ0n) is 14.9. The number of aryl methyl sites for hydroxylation is 1. The lowest BCUT2D eigenvalue weighted by Crippen LogP contribution is -2.50. The molecule has 0 bridgehead atoms. The summed E-state index contributed by atoms with van der Waals surface area (Å²) < 4.78 is 5.47. The lowest BCUT2D eigenvalue weighted by molar-refractivity contribution is -0.134. The van der Waals surface area contributed by atoms with Gasteiger partial charge in [-0.15, -0.1) is 0 Å². The predicted octanol–water partition coefficient (Wildman–Crippen LogP) is 2.86. The molecule has 0 spiro atoms. The Bertz CT molecular complexity index is 750. The topological polar surface area (TPSA) is 45.7 Å². The fourth-order valence-corrected chi connectivity index (χ4v) is 3.22. The Kier molecular flexibility index (Phi) is 4.60. The van der Waals surface area contributed by atoms with Crippen LogP contribution in [0.1, 0.15) is 19.4 Å². The maximum Gasteiger partial charge on any atom is 0.225 e. The first kappa shape index (κ1) is 16.6. The standard InChI is InChI=1S/C19H25N3O2/c1-13(2)19(23)22-10-8-21(9-11-22)17-12-14(3)15-6-5-7-16(24-4)18(15)20-17/h5-7,12-13H,8-11H2,1-4H3. The molecule has 0 atom stereocenters. The summed E-state index contributed by atoms with van der Waals surface area (Å²) in [7, 11) is 1.68. The minimum Gasteiger partial charge on any atom is -0.494 e. The zero-order chi connectivity index (χ0) is 17.3. The average molecular weight is 327 g/mol. The highest BCUT2D eigenvalue weighted by atomic mass is 16.5. The first-order valence-corrected chi connectivity index (χ1v) is 8.49. The number of fused-ring (bicyclic) bond motifs is 1. The molecule has 1 aliphatic heterocycles. The molecule has 1 aromatic heterocycles. The predicted molar refractivity (Wildman–Crippen MR) is 96.7 cm³/mol. The van der Waals surface area contributed by atoms with Gasteiger partial charge >= 0.3 is 0 Å². The van der Waals surface area contributed by atoms with E-state index in [1.807, 2.05) is 30.9 Å². The second-order valence-corrected chi connectivity index (χ2v) is 6.62. The zero-order valence-corrected chi connectivity index (χ0v) is 14.9. The third kappa shape index (κ3) is 3.03. The molecule has 0 N–H and O–H groups in total. The van der Waals surface area contributed by atoms with Gasteiger partial charge in [0.15, 0.2) is 0 Å². The molecule has 1 amide bonds. The number of rotatable bonds is 3. The van der Waals surface area contributed by atoms with Crippen LogP contribution in [0, 0.1) is 12.8 Å². The molecule has 0 unspecified atom stereocenters. The fraction of sp³-hybridized carbons (Fsp3) is 0.474. The van der Waals surface area contributed by atoms with Crippen molar-refractivity contribution in [2.75, 3.05) is 38.2 Å². The number of carbonyl (C=O) groups is 1. The van der Waals surface area contributed by atoms with Crippen LogP contribution >= 0.6 is 0 Å². The molecule has 1 aromatic carbocycles. The normalized spacial score (nSPS) is 15.2. The number of hydrogen-bond donors (Lipinski definition) is 0. The molecular formula is C19H25N3O2. The number of aromatic nitrogens is 1. The second kappa shape index (κ2) is 6.67. The van der Waals surface area contributed by atoms with Gasteiger partial charge in [-0.3, -0.25) is 4.79 Å². The summed E-state index contributed by atoms with van der Waals surface area (Å²) in [5.74, 6) is 2.05. The number of carbonyl (C=O) groups excluding carboxylic acids is 1. The van der Waals surface area contributed by atoms with Crippen LogP contribution in [-0.2, 0) is 4.79 Å². The second-order valence-electron chi connectivity index (χ2n) is 6.62. The SMILES string of the molecule is COc1cccc2c(C)cc(N3CCN(C(=O)C(C)C)CC3)nc12. The first-order chi connectivity index (χ1) is 11.5. The molecule has 2 heterocycles. The van der Waals surface area contributed by atoms with Gasteiger partial charge in [0.25, 0.3) is 0 Å². The van der Waals surface area contributed by atoms with Crippen LogP contribution in [-0.4, -0.2) is 49.1 Å². The summed E-state index contributed by atoms with van der Waals surface area (Å²) in [6.45, 7) is 9.14. The van der Waals surface area contributed by atoms with Crippen molar-refractivity contribution in [2.45, 2.75) is 20.8 Å². The molecule has 5 heteroatoms. The van der Waals surface area contributed by atoms with E-state index in [4.69, 9.17) is 9.72 Å². The molecule has 1 fully saturated rings. The number of ether oxygens (including phenoxy) is 1. The van der Waals surface area contributed by atoms with Gasteiger partial charge in [-0.25, -0.2) is 4.98 Å². The van der Waals surface area contributed by atoms with Crippen molar-refractivity contribution < 1.29 is 9.53 Å². The Balaban J connectivity index is 1.85. The van der Waals surface area contributed by atoms with Crippen molar-refractivity contribution in [3.05, 3.63) is 29.8 Å². The van der Waals surface area contributed by atoms with E-state index < -0.39 is 0 Å². The van der Waals surface area contributed by atoms with E-state index in [0.29, 0.717) is 0 Å². The molecule has 5 nitrogen and oxygen atoms in total. The van der Waals surface area contributed by atoms with Gasteiger partial charge in [-0.1, -0.05) is 26.0 Å². The van der Waals surface area contributed by atoms with E-state index in [9.17, 15) is 4.79 Å². The summed E-state index contributed by atoms with van der Waals surface area (Å²) in [5, 5.41) is 1.12. The molecule has 3 rings (SSSR count). The highest BCUT2D eigenvalue weighted by Crippen LogP contribution is 2.29. The molecule has 0 radical (unpaired) electrons. The summed E-state index contributed by atoms with van der Waals surface area (Å²) in [4.78, 5) is 21.2. The van der Waals surface area contributed by atoms with Crippen molar-refractivity contribution in [2.24, 2.45) is 5.92 Å². The summed E-state index contributed by atoms with van der Waals surface area (Å²) in [6, 6.07) is 8.13. The third-order valence-corrected chi connectivity index (χ3v) is 4.62. The lowest BCUT2D eigenvalue weighted by Gasteiger charge is -2.36. The Morgan fingerprint density at radius 1 is 1.21 bits per heavy atom. The fourth-order valence-electron chi connectivity index (χ4n) is 3.22. The minimum atomic E-state index is 0.0573. The van der Waals surface area contributed by atoms with Gasteiger partial charge in [-0.05, 0) is 24.6 Å². The van der Waals surface area contributed by atoms with E-state index in [1.165, 1.54) is 5.56 Å². The van der Waals surface area contributed by atoms with Gasteiger partial charge in [0.05, 0.1) is 7.11 Å². The quantitative estimate of drug-likeness (QED) is 0.870. The molecule has 0 saturated carbocycles. The number of para-hydroxylation sites is 1. The Morgan fingerprint density at radius 3 is 2.54 bits per heavy atom.